The highest BCUT2D eigenvalue weighted by atomic mass is 16.7. The average molecular weight is 1370 g/mol. The van der Waals surface area contributed by atoms with Crippen LogP contribution >= 0.6 is 0 Å². The first-order valence-corrected chi connectivity index (χ1v) is 42.3. The summed E-state index contributed by atoms with van der Waals surface area (Å²) in [5, 5.41) is 87.9. The molecule has 0 spiro atoms. The van der Waals surface area contributed by atoms with Gasteiger partial charge in [0, 0.05) is 6.42 Å². The van der Waals surface area contributed by atoms with Crippen molar-refractivity contribution in [1.29, 1.82) is 0 Å². The summed E-state index contributed by atoms with van der Waals surface area (Å²) >= 11 is 0. The van der Waals surface area contributed by atoms with Crippen molar-refractivity contribution in [1.82, 2.24) is 5.32 Å². The summed E-state index contributed by atoms with van der Waals surface area (Å²) in [6.07, 6.45) is 67.4. The smallest absolute Gasteiger partial charge is 0.220 e. The molecule has 2 aliphatic heterocycles. The molecule has 12 unspecified atom stereocenters. The van der Waals surface area contributed by atoms with Crippen LogP contribution in [0.2, 0.25) is 0 Å². The minimum Gasteiger partial charge on any atom is -0.394 e. The zero-order chi connectivity index (χ0) is 69.4. The van der Waals surface area contributed by atoms with E-state index in [9.17, 15) is 45.6 Å². The van der Waals surface area contributed by atoms with Crippen LogP contribution in [0, 0.1) is 0 Å². The van der Waals surface area contributed by atoms with Crippen molar-refractivity contribution in [3.05, 3.63) is 0 Å². The molecule has 0 radical (unpaired) electrons. The van der Waals surface area contributed by atoms with Crippen LogP contribution in [-0.2, 0) is 23.7 Å². The van der Waals surface area contributed by atoms with Gasteiger partial charge in [-0.15, -0.1) is 0 Å². The zero-order valence-electron chi connectivity index (χ0n) is 62.9. The number of aliphatic hydroxyl groups excluding tert-OH is 8. The second-order valence-electron chi connectivity index (χ2n) is 30.3. The van der Waals surface area contributed by atoms with E-state index < -0.39 is 86.8 Å². The van der Waals surface area contributed by atoms with Gasteiger partial charge < -0.3 is 65.1 Å². The number of carbonyl (C=O) groups is 1. The lowest BCUT2D eigenvalue weighted by Crippen LogP contribution is -2.65. The molecule has 2 rings (SSSR count). The Morgan fingerprint density at radius 3 is 0.885 bits per heavy atom. The van der Waals surface area contributed by atoms with E-state index in [0.29, 0.717) is 12.8 Å². The van der Waals surface area contributed by atoms with E-state index in [0.717, 1.165) is 51.4 Å². The maximum Gasteiger partial charge on any atom is 0.220 e. The molecule has 2 aliphatic rings. The molecule has 96 heavy (non-hydrogen) atoms. The summed E-state index contributed by atoms with van der Waals surface area (Å²) in [7, 11) is 0. The first kappa shape index (κ1) is 91.1. The van der Waals surface area contributed by atoms with Gasteiger partial charge in [0.05, 0.1) is 32.0 Å². The zero-order valence-corrected chi connectivity index (χ0v) is 62.9. The normalized spacial score (nSPS) is 22.1. The largest absolute Gasteiger partial charge is 0.394 e. The molecule has 0 aromatic carbocycles. The molecule has 14 heteroatoms. The van der Waals surface area contributed by atoms with Gasteiger partial charge in [-0.3, -0.25) is 4.79 Å². The lowest BCUT2D eigenvalue weighted by atomic mass is 9.97. The number of aliphatic hydroxyl groups is 8. The highest BCUT2D eigenvalue weighted by Crippen LogP contribution is 2.31. The lowest BCUT2D eigenvalue weighted by Gasteiger charge is -2.46. The summed E-state index contributed by atoms with van der Waals surface area (Å²) in [6.45, 7) is 2.95. The molecule has 9 N–H and O–H groups in total. The summed E-state index contributed by atoms with van der Waals surface area (Å²) in [5.41, 5.74) is 0. The SMILES string of the molecule is CCCCCCCCCCCCCCCCCCCCCCCCCCCCCCCCCCC(=O)NC(COC1OC(CO)C(OC2OC(CO)C(O)C(O)C2O)C(O)C1O)C(O)CCCCCCCCCCCCCCCCCCCCCCCCCCCCCCCC. The topological polar surface area (TPSA) is 228 Å². The highest BCUT2D eigenvalue weighted by Gasteiger charge is 2.51. The molecule has 1 amide bonds. The summed E-state index contributed by atoms with van der Waals surface area (Å²) in [6, 6.07) is -0.826. The Bertz CT molecular complexity index is 1610. The van der Waals surface area contributed by atoms with Crippen LogP contribution in [0.15, 0.2) is 0 Å². The van der Waals surface area contributed by atoms with Crippen LogP contribution in [0.25, 0.3) is 0 Å². The lowest BCUT2D eigenvalue weighted by molar-refractivity contribution is -0.359. The van der Waals surface area contributed by atoms with Crippen LogP contribution < -0.4 is 5.32 Å². The van der Waals surface area contributed by atoms with Gasteiger partial charge in [0.2, 0.25) is 5.91 Å². The predicted octanol–water partition coefficient (Wildman–Crippen LogP) is 19.5. The summed E-state index contributed by atoms with van der Waals surface area (Å²) < 4.78 is 23.0. The molecule has 572 valence electrons. The van der Waals surface area contributed by atoms with Gasteiger partial charge in [-0.2, -0.15) is 0 Å². The van der Waals surface area contributed by atoms with Crippen molar-refractivity contribution in [2.24, 2.45) is 0 Å². The van der Waals surface area contributed by atoms with Crippen molar-refractivity contribution < 1.29 is 64.6 Å². The van der Waals surface area contributed by atoms with E-state index in [-0.39, 0.29) is 12.5 Å². The van der Waals surface area contributed by atoms with Gasteiger partial charge in [0.1, 0.15) is 48.8 Å². The molecule has 0 aromatic rings. The molecular weight excluding hydrogens is 1210 g/mol. The maximum absolute atomic E-state index is 13.4. The van der Waals surface area contributed by atoms with E-state index in [2.05, 4.69) is 19.2 Å². The van der Waals surface area contributed by atoms with Crippen LogP contribution in [-0.4, -0.2) is 140 Å². The van der Waals surface area contributed by atoms with Crippen LogP contribution in [0.5, 0.6) is 0 Å². The molecule has 0 aromatic heterocycles. The number of hydrogen-bond donors (Lipinski definition) is 9. The molecule has 12 atom stereocenters. The Morgan fingerprint density at radius 1 is 0.333 bits per heavy atom. The van der Waals surface area contributed by atoms with Gasteiger partial charge in [-0.25, -0.2) is 0 Å². The van der Waals surface area contributed by atoms with Crippen LogP contribution in [0.3, 0.4) is 0 Å². The van der Waals surface area contributed by atoms with Crippen molar-refractivity contribution >= 4 is 5.91 Å². The summed E-state index contributed by atoms with van der Waals surface area (Å²) in [5.74, 6) is -0.194. The number of hydrogen-bond acceptors (Lipinski definition) is 13. The van der Waals surface area contributed by atoms with E-state index in [1.807, 2.05) is 0 Å². The van der Waals surface area contributed by atoms with E-state index in [4.69, 9.17) is 18.9 Å². The van der Waals surface area contributed by atoms with Crippen molar-refractivity contribution in [3.63, 3.8) is 0 Å². The quantitative estimate of drug-likeness (QED) is 0.0259. The number of ether oxygens (including phenoxy) is 4. The van der Waals surface area contributed by atoms with Crippen LogP contribution in [0.4, 0.5) is 0 Å². The Balaban J connectivity index is 1.58. The van der Waals surface area contributed by atoms with Gasteiger partial charge >= 0.3 is 0 Å². The van der Waals surface area contributed by atoms with Crippen molar-refractivity contribution in [2.75, 3.05) is 19.8 Å². The molecular formula is C82H161NO13. The standard InChI is InChI=1S/C82H161NO13/c1-3-5-7-9-11-13-15-17-19-21-23-25-27-29-31-33-35-36-38-40-42-44-46-48-50-52-54-56-58-60-62-64-66-74(87)83-70(69-93-81-79(92)77(90)80(73(68-85)95-81)96-82-78(91)76(89)75(88)72(67-84)94-82)71(86)65-63-61-59-57-55-53-51-49-47-45-43-41-39-37-34-32-30-28-26-24-22-20-18-16-14-12-10-8-6-4-2/h70-73,75-82,84-86,88-92H,3-69H2,1-2H3,(H,83,87). The monoisotopic (exact) mass is 1370 g/mol. The fourth-order valence-corrected chi connectivity index (χ4v) is 14.7. The Labute approximate surface area is 591 Å². The number of carbonyl (C=O) groups excluding carboxylic acids is 1. The van der Waals surface area contributed by atoms with Crippen molar-refractivity contribution in [3.8, 4) is 0 Å². The number of rotatable bonds is 73. The minimum atomic E-state index is -1.78. The number of unbranched alkanes of at least 4 members (excludes halogenated alkanes) is 60. The van der Waals surface area contributed by atoms with Gasteiger partial charge in [0.25, 0.3) is 0 Å². The predicted molar refractivity (Wildman–Crippen MR) is 397 cm³/mol. The third kappa shape index (κ3) is 49.6. The third-order valence-electron chi connectivity index (χ3n) is 21.3. The maximum atomic E-state index is 13.4. The Morgan fingerprint density at radius 2 is 0.594 bits per heavy atom. The Kier molecular flexibility index (Phi) is 63.7. The van der Waals surface area contributed by atoms with E-state index in [1.54, 1.807) is 0 Å². The molecule has 2 fully saturated rings. The average Bonchev–Trinajstić information content (AvgIpc) is 0.805. The molecule has 0 saturated carbocycles. The first-order valence-electron chi connectivity index (χ1n) is 42.3. The fraction of sp³-hybridized carbons (Fsp3) is 0.988. The molecule has 0 bridgehead atoms. The molecule has 2 heterocycles. The summed E-state index contributed by atoms with van der Waals surface area (Å²) in [4.78, 5) is 13.4. The first-order chi connectivity index (χ1) is 47.1. The second kappa shape index (κ2) is 67.2. The van der Waals surface area contributed by atoms with Gasteiger partial charge in [0.15, 0.2) is 12.6 Å². The number of amides is 1. The third-order valence-corrected chi connectivity index (χ3v) is 21.3. The van der Waals surface area contributed by atoms with Crippen LogP contribution in [0.1, 0.15) is 425 Å². The highest BCUT2D eigenvalue weighted by molar-refractivity contribution is 5.76. The van der Waals surface area contributed by atoms with Gasteiger partial charge in [-0.05, 0) is 12.8 Å². The molecule has 2 saturated heterocycles. The second-order valence-corrected chi connectivity index (χ2v) is 30.3. The van der Waals surface area contributed by atoms with Crippen molar-refractivity contribution in [2.45, 2.75) is 498 Å². The van der Waals surface area contributed by atoms with Gasteiger partial charge in [-0.1, -0.05) is 406 Å². The molecule has 0 aliphatic carbocycles. The van der Waals surface area contributed by atoms with E-state index in [1.165, 1.54) is 347 Å². The van der Waals surface area contributed by atoms with E-state index >= 15 is 0 Å². The minimum absolute atomic E-state index is 0.194. The molecule has 14 nitrogen and oxygen atoms in total. The Hall–Kier alpha value is -1.01. The fourth-order valence-electron chi connectivity index (χ4n) is 14.7. The number of nitrogens with one attached hydrogen (secondary N) is 1.